The maximum atomic E-state index is 14.0. The van der Waals surface area contributed by atoms with E-state index >= 15 is 0 Å². The van der Waals surface area contributed by atoms with Gasteiger partial charge in [-0.15, -0.1) is 0 Å². The summed E-state index contributed by atoms with van der Waals surface area (Å²) >= 11 is 0. The van der Waals surface area contributed by atoms with Crippen molar-refractivity contribution >= 4 is 0 Å². The van der Waals surface area contributed by atoms with Gasteiger partial charge in [0.1, 0.15) is 5.82 Å². The predicted molar refractivity (Wildman–Crippen MR) is 82.1 cm³/mol. The Morgan fingerprint density at radius 2 is 2.10 bits per heavy atom. The first-order valence-electron chi connectivity index (χ1n) is 7.59. The van der Waals surface area contributed by atoms with Gasteiger partial charge in [0, 0.05) is 31.2 Å². The lowest BCUT2D eigenvalue weighted by atomic mass is 9.93. The van der Waals surface area contributed by atoms with Gasteiger partial charge in [0.2, 0.25) is 0 Å². The van der Waals surface area contributed by atoms with Crippen LogP contribution in [0, 0.1) is 11.2 Å². The minimum Gasteiger partial charge on any atom is -0.310 e. The Morgan fingerprint density at radius 3 is 2.70 bits per heavy atom. The molecule has 20 heavy (non-hydrogen) atoms. The van der Waals surface area contributed by atoms with Gasteiger partial charge < -0.3 is 5.32 Å². The molecule has 112 valence electrons. The van der Waals surface area contributed by atoms with Crippen molar-refractivity contribution in [2.24, 2.45) is 5.41 Å². The van der Waals surface area contributed by atoms with Gasteiger partial charge in [-0.3, -0.25) is 4.90 Å². The van der Waals surface area contributed by atoms with E-state index in [1.54, 1.807) is 6.07 Å². The van der Waals surface area contributed by atoms with E-state index in [4.69, 9.17) is 0 Å². The van der Waals surface area contributed by atoms with Crippen LogP contribution in [0.15, 0.2) is 18.2 Å². The van der Waals surface area contributed by atoms with Gasteiger partial charge in [0.25, 0.3) is 0 Å². The highest BCUT2D eigenvalue weighted by molar-refractivity contribution is 5.25. The number of hydrogen-bond donors (Lipinski definition) is 1. The number of nitrogens with one attached hydrogen (secondary N) is 1. The molecule has 2 rings (SSSR count). The molecule has 0 spiro atoms. The Bertz CT molecular complexity index is 454. The Labute approximate surface area is 122 Å². The maximum absolute atomic E-state index is 14.0. The van der Waals surface area contributed by atoms with E-state index in [2.05, 4.69) is 37.9 Å². The average molecular weight is 278 g/mol. The lowest BCUT2D eigenvalue weighted by molar-refractivity contribution is 0.281. The monoisotopic (exact) mass is 278 g/mol. The van der Waals surface area contributed by atoms with Gasteiger partial charge in [-0.2, -0.15) is 0 Å². The largest absolute Gasteiger partial charge is 0.310 e. The summed E-state index contributed by atoms with van der Waals surface area (Å²) in [6.45, 7) is 12.5. The van der Waals surface area contributed by atoms with E-state index in [-0.39, 0.29) is 5.82 Å². The number of benzene rings is 1. The van der Waals surface area contributed by atoms with Crippen molar-refractivity contribution in [1.82, 2.24) is 10.2 Å². The minimum atomic E-state index is -0.0806. The smallest absolute Gasteiger partial charge is 0.127 e. The molecule has 0 atom stereocenters. The summed E-state index contributed by atoms with van der Waals surface area (Å²) in [5.41, 5.74) is 2.35. The minimum absolute atomic E-state index is 0.0806. The van der Waals surface area contributed by atoms with Gasteiger partial charge >= 0.3 is 0 Å². The van der Waals surface area contributed by atoms with Gasteiger partial charge in [-0.25, -0.2) is 4.39 Å². The topological polar surface area (TPSA) is 15.3 Å². The van der Waals surface area contributed by atoms with Gasteiger partial charge in [0.05, 0.1) is 0 Å². The van der Waals surface area contributed by atoms with Gasteiger partial charge in [-0.05, 0) is 30.0 Å². The van der Waals surface area contributed by atoms with E-state index in [9.17, 15) is 4.39 Å². The lowest BCUT2D eigenvalue weighted by Crippen LogP contribution is -2.24. The summed E-state index contributed by atoms with van der Waals surface area (Å²) in [7, 11) is 0. The number of likely N-dealkylation sites (tertiary alicyclic amines) is 1. The molecule has 3 heteroatoms. The molecule has 0 saturated carbocycles. The highest BCUT2D eigenvalue weighted by Crippen LogP contribution is 2.30. The number of rotatable bonds is 5. The maximum Gasteiger partial charge on any atom is 0.127 e. The van der Waals surface area contributed by atoms with E-state index in [1.807, 2.05) is 12.1 Å². The first kappa shape index (κ1) is 15.5. The van der Waals surface area contributed by atoms with Crippen molar-refractivity contribution < 1.29 is 4.39 Å². The van der Waals surface area contributed by atoms with Crippen LogP contribution in [-0.2, 0) is 13.1 Å². The fourth-order valence-corrected chi connectivity index (χ4v) is 2.78. The molecular formula is C17H27FN2. The molecule has 1 aliphatic heterocycles. The molecule has 0 unspecified atom stereocenters. The quantitative estimate of drug-likeness (QED) is 0.886. The molecule has 2 nitrogen and oxygen atoms in total. The standard InChI is InChI=1S/C17H27FN2/c1-13(2)19-10-14-5-6-16(18)15(9-14)11-20-8-7-17(3,4)12-20/h5-6,9,13,19H,7-8,10-12H2,1-4H3. The normalized spacial score (nSPS) is 18.9. The number of halogens is 1. The third-order valence-corrected chi connectivity index (χ3v) is 3.97. The summed E-state index contributed by atoms with van der Waals surface area (Å²) in [4.78, 5) is 2.36. The zero-order valence-corrected chi connectivity index (χ0v) is 13.2. The van der Waals surface area contributed by atoms with Crippen molar-refractivity contribution in [2.75, 3.05) is 13.1 Å². The van der Waals surface area contributed by atoms with Crippen molar-refractivity contribution in [3.05, 3.63) is 35.1 Å². The van der Waals surface area contributed by atoms with E-state index in [1.165, 1.54) is 6.42 Å². The van der Waals surface area contributed by atoms with Crippen LogP contribution in [0.25, 0.3) is 0 Å². The molecule has 0 aliphatic carbocycles. The fourth-order valence-electron chi connectivity index (χ4n) is 2.78. The first-order chi connectivity index (χ1) is 9.35. The van der Waals surface area contributed by atoms with Crippen LogP contribution in [0.1, 0.15) is 45.2 Å². The number of nitrogens with zero attached hydrogens (tertiary/aromatic N) is 1. The highest BCUT2D eigenvalue weighted by atomic mass is 19.1. The Kier molecular flexibility index (Phi) is 4.82. The van der Waals surface area contributed by atoms with Crippen molar-refractivity contribution in [3.63, 3.8) is 0 Å². The molecule has 0 bridgehead atoms. The second-order valence-corrected chi connectivity index (χ2v) is 7.09. The van der Waals surface area contributed by atoms with E-state index in [0.29, 0.717) is 11.5 Å². The third-order valence-electron chi connectivity index (χ3n) is 3.97. The molecule has 1 fully saturated rings. The van der Waals surface area contributed by atoms with Crippen LogP contribution in [-0.4, -0.2) is 24.0 Å². The molecule has 1 aromatic carbocycles. The van der Waals surface area contributed by atoms with E-state index in [0.717, 1.165) is 37.3 Å². The molecular weight excluding hydrogens is 251 g/mol. The summed E-state index contributed by atoms with van der Waals surface area (Å²) in [5, 5.41) is 3.38. The van der Waals surface area contributed by atoms with Gasteiger partial charge in [0.15, 0.2) is 0 Å². The average Bonchev–Trinajstić information content (AvgIpc) is 2.69. The fraction of sp³-hybridized carbons (Fsp3) is 0.647. The van der Waals surface area contributed by atoms with Crippen LogP contribution in [0.3, 0.4) is 0 Å². The summed E-state index contributed by atoms with van der Waals surface area (Å²) in [5.74, 6) is -0.0806. The Balaban J connectivity index is 2.01. The van der Waals surface area contributed by atoms with Crippen molar-refractivity contribution in [3.8, 4) is 0 Å². The lowest BCUT2D eigenvalue weighted by Gasteiger charge is -2.20. The van der Waals surface area contributed by atoms with Crippen LogP contribution < -0.4 is 5.32 Å². The van der Waals surface area contributed by atoms with Crippen LogP contribution >= 0.6 is 0 Å². The molecule has 0 radical (unpaired) electrons. The predicted octanol–water partition coefficient (Wildman–Crippen LogP) is 3.56. The van der Waals surface area contributed by atoms with Gasteiger partial charge in [-0.1, -0.05) is 39.8 Å². The zero-order chi connectivity index (χ0) is 14.8. The van der Waals surface area contributed by atoms with Crippen LogP contribution in [0.5, 0.6) is 0 Å². The van der Waals surface area contributed by atoms with Crippen LogP contribution in [0.2, 0.25) is 0 Å². The zero-order valence-electron chi connectivity index (χ0n) is 13.2. The van der Waals surface area contributed by atoms with E-state index < -0.39 is 0 Å². The summed E-state index contributed by atoms with van der Waals surface area (Å²) in [6, 6.07) is 5.94. The molecule has 1 N–H and O–H groups in total. The van der Waals surface area contributed by atoms with Crippen molar-refractivity contribution in [1.29, 1.82) is 0 Å². The Morgan fingerprint density at radius 1 is 1.35 bits per heavy atom. The SMILES string of the molecule is CC(C)NCc1ccc(F)c(CN2CCC(C)(C)C2)c1. The third kappa shape index (κ3) is 4.29. The summed E-state index contributed by atoms with van der Waals surface area (Å²) < 4.78 is 14.0. The second-order valence-electron chi connectivity index (χ2n) is 7.09. The highest BCUT2D eigenvalue weighted by Gasteiger charge is 2.29. The molecule has 0 amide bonds. The molecule has 1 heterocycles. The second kappa shape index (κ2) is 6.23. The van der Waals surface area contributed by atoms with Crippen LogP contribution in [0.4, 0.5) is 4.39 Å². The van der Waals surface area contributed by atoms with Crippen molar-refractivity contribution in [2.45, 2.75) is 53.2 Å². The molecule has 0 aromatic heterocycles. The molecule has 1 saturated heterocycles. The molecule has 1 aliphatic rings. The Hall–Kier alpha value is -0.930. The summed E-state index contributed by atoms with van der Waals surface area (Å²) in [6.07, 6.45) is 1.20. The number of hydrogen-bond acceptors (Lipinski definition) is 2. The first-order valence-corrected chi connectivity index (χ1v) is 7.59. The molecule has 1 aromatic rings.